The van der Waals surface area contributed by atoms with Gasteiger partial charge < -0.3 is 31.7 Å². The number of rotatable bonds is 6. The largest absolute Gasteiger partial charge is 0.416 e. The number of nitrogen functional groups attached to an aromatic ring is 1. The maximum absolute atomic E-state index is 13.0. The molecule has 1 fully saturated rings. The van der Waals surface area contributed by atoms with Crippen LogP contribution in [-0.2, 0) is 10.9 Å². The van der Waals surface area contributed by atoms with Crippen molar-refractivity contribution >= 4 is 46.2 Å². The number of alkyl halides is 3. The number of hydrogen-bond acceptors (Lipinski definition) is 7. The number of nitrogens with zero attached hydrogens (tertiary/aromatic N) is 3. The lowest BCUT2D eigenvalue weighted by Gasteiger charge is -2.23. The number of ether oxygens (including phenoxy) is 1. The minimum absolute atomic E-state index is 0.0494. The zero-order valence-corrected chi connectivity index (χ0v) is 22.0. The average Bonchev–Trinajstić information content (AvgIpc) is 3.34. The molecule has 1 saturated heterocycles. The van der Waals surface area contributed by atoms with Gasteiger partial charge in [-0.3, -0.25) is 4.79 Å². The van der Waals surface area contributed by atoms with E-state index in [2.05, 4.69) is 31.3 Å². The lowest BCUT2D eigenvalue weighted by atomic mass is 10.1. The Hall–Kier alpha value is -4.40. The molecule has 0 bridgehead atoms. The number of aromatic nitrogens is 3. The normalized spacial score (nSPS) is 15.5. The molecule has 1 aliphatic heterocycles. The quantitative estimate of drug-likeness (QED) is 0.229. The number of benzene rings is 2. The van der Waals surface area contributed by atoms with E-state index >= 15 is 0 Å². The monoisotopic (exact) mass is 588 g/mol. The zero-order chi connectivity index (χ0) is 29.1. The number of carbonyl (C=O) groups is 2. The molecule has 214 valence electrons. The van der Waals surface area contributed by atoms with Crippen LogP contribution in [0.1, 0.15) is 16.1 Å². The first-order chi connectivity index (χ1) is 19.6. The van der Waals surface area contributed by atoms with E-state index in [1.807, 2.05) is 0 Å². The highest BCUT2D eigenvalue weighted by Gasteiger charge is 2.31. The van der Waals surface area contributed by atoms with Crippen molar-refractivity contribution < 1.29 is 27.5 Å². The van der Waals surface area contributed by atoms with Crippen molar-refractivity contribution in [3.8, 4) is 11.1 Å². The number of morpholine rings is 1. The Morgan fingerprint density at radius 3 is 2.63 bits per heavy atom. The smallest absolute Gasteiger partial charge is 0.382 e. The van der Waals surface area contributed by atoms with Crippen molar-refractivity contribution in [1.29, 1.82) is 0 Å². The number of fused-ring (bicyclic) bond motifs is 1. The molecule has 0 radical (unpaired) electrons. The molecule has 1 unspecified atom stereocenters. The molecule has 0 saturated carbocycles. The third-order valence-corrected chi connectivity index (χ3v) is 6.64. The number of nitrogens with one attached hydrogen (secondary N) is 4. The maximum Gasteiger partial charge on any atom is 0.416 e. The van der Waals surface area contributed by atoms with Gasteiger partial charge in [-0.05, 0) is 42.0 Å². The van der Waals surface area contributed by atoms with Crippen molar-refractivity contribution in [1.82, 2.24) is 25.2 Å². The van der Waals surface area contributed by atoms with E-state index in [4.69, 9.17) is 22.1 Å². The van der Waals surface area contributed by atoms with Crippen LogP contribution in [0.15, 0.2) is 54.9 Å². The van der Waals surface area contributed by atoms with Crippen LogP contribution in [0.3, 0.4) is 0 Å². The molecule has 1 atom stereocenters. The highest BCUT2D eigenvalue weighted by atomic mass is 35.5. The maximum atomic E-state index is 13.0. The summed E-state index contributed by atoms with van der Waals surface area (Å²) in [5, 5.41) is 15.1. The number of nitrogens with two attached hydrogens (primary N) is 1. The third-order valence-electron chi connectivity index (χ3n) is 6.31. The van der Waals surface area contributed by atoms with Crippen LogP contribution in [-0.4, -0.2) is 58.9 Å². The molecule has 4 aromatic rings. The van der Waals surface area contributed by atoms with Crippen molar-refractivity contribution in [2.24, 2.45) is 0 Å². The van der Waals surface area contributed by atoms with Gasteiger partial charge in [0.2, 0.25) is 0 Å². The van der Waals surface area contributed by atoms with Crippen LogP contribution < -0.4 is 27.0 Å². The van der Waals surface area contributed by atoms with Gasteiger partial charge in [-0.25, -0.2) is 14.3 Å². The molecule has 2 aromatic heterocycles. The summed E-state index contributed by atoms with van der Waals surface area (Å²) in [7, 11) is 0. The first-order valence-electron chi connectivity index (χ1n) is 12.4. The van der Waals surface area contributed by atoms with Crippen molar-refractivity contribution in [3.05, 3.63) is 71.1 Å². The average molecular weight is 589 g/mol. The summed E-state index contributed by atoms with van der Waals surface area (Å²) in [4.78, 5) is 29.6. The minimum Gasteiger partial charge on any atom is -0.382 e. The van der Waals surface area contributed by atoms with Crippen molar-refractivity contribution in [3.63, 3.8) is 0 Å². The van der Waals surface area contributed by atoms with Gasteiger partial charge in [-0.2, -0.15) is 18.3 Å². The Labute approximate surface area is 236 Å². The van der Waals surface area contributed by atoms with E-state index in [9.17, 15) is 22.8 Å². The molecule has 2 aromatic carbocycles. The molecule has 3 amide bonds. The molecule has 3 heterocycles. The van der Waals surface area contributed by atoms with Gasteiger partial charge in [0.05, 0.1) is 29.0 Å². The zero-order valence-electron chi connectivity index (χ0n) is 21.3. The van der Waals surface area contributed by atoms with Crippen LogP contribution >= 0.6 is 11.6 Å². The van der Waals surface area contributed by atoms with Gasteiger partial charge in [0, 0.05) is 30.9 Å². The Morgan fingerprint density at radius 2 is 1.93 bits per heavy atom. The second-order valence-corrected chi connectivity index (χ2v) is 9.51. The van der Waals surface area contributed by atoms with Gasteiger partial charge in [0.15, 0.2) is 5.82 Å². The van der Waals surface area contributed by atoms with Gasteiger partial charge in [0.25, 0.3) is 5.91 Å². The molecule has 1 aliphatic rings. The van der Waals surface area contributed by atoms with Gasteiger partial charge in [-0.15, -0.1) is 0 Å². The first-order valence-corrected chi connectivity index (χ1v) is 12.8. The summed E-state index contributed by atoms with van der Waals surface area (Å²) in [5.41, 5.74) is 7.24. The van der Waals surface area contributed by atoms with Crippen molar-refractivity contribution in [2.45, 2.75) is 12.3 Å². The SMILES string of the molecule is Nc1ncnn2c(C(=O)NCC3CNCCO3)cc(-c3ccc(NC(=O)Nc4cc(C(F)(F)F)ccc4Cl)cc3)c12. The Balaban J connectivity index is 1.32. The standard InChI is InChI=1S/C26H24ClF3N8O3/c27-19-6-3-15(26(28,29)30)9-20(19)37-25(40)36-16-4-1-14(2-5-16)18-10-21(38-22(18)23(31)34-13-35-38)24(39)33-12-17-11-32-7-8-41-17/h1-6,9-10,13,17,32H,7-8,11-12H2,(H,33,39)(H2,31,34,35)(H2,36,37,40). The molecule has 5 rings (SSSR count). The van der Waals surface area contributed by atoms with Crippen LogP contribution in [0.4, 0.5) is 35.2 Å². The molecule has 0 aliphatic carbocycles. The molecule has 41 heavy (non-hydrogen) atoms. The number of urea groups is 1. The summed E-state index contributed by atoms with van der Waals surface area (Å²) in [6.45, 7) is 2.26. The molecular weight excluding hydrogens is 565 g/mol. The highest BCUT2D eigenvalue weighted by Crippen LogP contribution is 2.34. The number of anilines is 3. The summed E-state index contributed by atoms with van der Waals surface area (Å²) in [5.74, 6) is -0.213. The van der Waals surface area contributed by atoms with E-state index in [-0.39, 0.29) is 34.2 Å². The van der Waals surface area contributed by atoms with E-state index in [1.54, 1.807) is 30.3 Å². The number of carbonyl (C=O) groups excluding carboxylic acids is 2. The topological polar surface area (TPSA) is 148 Å². The van der Waals surface area contributed by atoms with E-state index < -0.39 is 17.8 Å². The molecule has 11 nitrogen and oxygen atoms in total. The predicted molar refractivity (Wildman–Crippen MR) is 147 cm³/mol. The fourth-order valence-corrected chi connectivity index (χ4v) is 4.48. The van der Waals surface area contributed by atoms with Crippen molar-refractivity contribution in [2.75, 3.05) is 42.6 Å². The van der Waals surface area contributed by atoms with E-state index in [1.165, 1.54) is 10.8 Å². The summed E-state index contributed by atoms with van der Waals surface area (Å²) < 4.78 is 46.1. The second kappa shape index (κ2) is 11.6. The Bertz CT molecular complexity index is 1590. The fourth-order valence-electron chi connectivity index (χ4n) is 4.31. The van der Waals surface area contributed by atoms with Crippen LogP contribution in [0.25, 0.3) is 16.6 Å². The number of hydrogen-bond donors (Lipinski definition) is 5. The summed E-state index contributed by atoms with van der Waals surface area (Å²) in [6.07, 6.45) is -3.49. The second-order valence-electron chi connectivity index (χ2n) is 9.10. The summed E-state index contributed by atoms with van der Waals surface area (Å²) >= 11 is 5.96. The molecular formula is C26H24ClF3N8O3. The lowest BCUT2D eigenvalue weighted by molar-refractivity contribution is -0.137. The van der Waals surface area contributed by atoms with Crippen LogP contribution in [0.5, 0.6) is 0 Å². The number of amides is 3. The minimum atomic E-state index is -4.59. The van der Waals surface area contributed by atoms with Crippen LogP contribution in [0, 0.1) is 0 Å². The molecule has 6 N–H and O–H groups in total. The Kier molecular flexibility index (Phi) is 7.97. The van der Waals surface area contributed by atoms with Gasteiger partial charge >= 0.3 is 12.2 Å². The molecule has 15 heteroatoms. The summed E-state index contributed by atoms with van der Waals surface area (Å²) in [6, 6.07) is 10.0. The fraction of sp³-hybridized carbons (Fsp3) is 0.231. The lowest BCUT2D eigenvalue weighted by Crippen LogP contribution is -2.45. The van der Waals surface area contributed by atoms with Crippen LogP contribution in [0.2, 0.25) is 5.02 Å². The van der Waals surface area contributed by atoms with E-state index in [0.29, 0.717) is 42.0 Å². The number of halogens is 4. The first kappa shape index (κ1) is 28.1. The highest BCUT2D eigenvalue weighted by molar-refractivity contribution is 6.33. The van der Waals surface area contributed by atoms with E-state index in [0.717, 1.165) is 24.7 Å². The third kappa shape index (κ3) is 6.34. The molecule has 0 spiro atoms. The predicted octanol–water partition coefficient (Wildman–Crippen LogP) is 4.01. The Morgan fingerprint density at radius 1 is 1.15 bits per heavy atom. The van der Waals surface area contributed by atoms with Gasteiger partial charge in [-0.1, -0.05) is 23.7 Å². The van der Waals surface area contributed by atoms with Gasteiger partial charge in [0.1, 0.15) is 17.5 Å².